The SMILES string of the molecule is COc1cc(NC(=O)CN2N=N[C@H]3C(=O)N(c4ccc(Cl)cc4)C(=O)[C@H]32)cc(OC)c1. The summed E-state index contributed by atoms with van der Waals surface area (Å²) in [4.78, 5) is 39.3. The molecule has 11 heteroatoms. The molecule has 1 N–H and O–H groups in total. The van der Waals surface area contributed by atoms with Crippen LogP contribution in [0.15, 0.2) is 52.8 Å². The summed E-state index contributed by atoms with van der Waals surface area (Å²) in [5, 5.41) is 12.2. The van der Waals surface area contributed by atoms with Crippen LogP contribution in [0.2, 0.25) is 5.02 Å². The summed E-state index contributed by atoms with van der Waals surface area (Å²) in [6.07, 6.45) is 0. The van der Waals surface area contributed by atoms with Gasteiger partial charge in [0.05, 0.1) is 19.9 Å². The lowest BCUT2D eigenvalue weighted by Gasteiger charge is -2.20. The number of ether oxygens (including phenoxy) is 2. The number of carbonyl (C=O) groups excluding carboxylic acids is 3. The Kier molecular flexibility index (Phi) is 5.47. The number of hydrogen-bond donors (Lipinski definition) is 1. The number of nitrogens with zero attached hydrogens (tertiary/aromatic N) is 4. The number of benzene rings is 2. The maximum Gasteiger partial charge on any atom is 0.263 e. The average molecular weight is 444 g/mol. The number of rotatable bonds is 6. The van der Waals surface area contributed by atoms with E-state index in [0.29, 0.717) is 27.9 Å². The monoisotopic (exact) mass is 443 g/mol. The third-order valence-electron chi connectivity index (χ3n) is 4.88. The molecule has 10 nitrogen and oxygen atoms in total. The van der Waals surface area contributed by atoms with Gasteiger partial charge in [-0.2, -0.15) is 5.11 Å². The minimum atomic E-state index is -0.993. The zero-order valence-electron chi connectivity index (χ0n) is 16.6. The second-order valence-corrected chi connectivity index (χ2v) is 7.27. The van der Waals surface area contributed by atoms with Crippen molar-refractivity contribution in [1.29, 1.82) is 0 Å². The van der Waals surface area contributed by atoms with Gasteiger partial charge in [0, 0.05) is 28.9 Å². The van der Waals surface area contributed by atoms with E-state index in [1.165, 1.54) is 19.2 Å². The number of nitrogens with one attached hydrogen (secondary N) is 1. The average Bonchev–Trinajstić information content (AvgIpc) is 3.28. The zero-order valence-corrected chi connectivity index (χ0v) is 17.4. The number of hydrogen-bond acceptors (Lipinski definition) is 8. The second kappa shape index (κ2) is 8.23. The molecule has 2 aromatic carbocycles. The molecule has 1 saturated heterocycles. The first-order valence-electron chi connectivity index (χ1n) is 9.25. The Labute approximate surface area is 182 Å². The van der Waals surface area contributed by atoms with Crippen molar-refractivity contribution in [2.45, 2.75) is 12.1 Å². The summed E-state index contributed by atoms with van der Waals surface area (Å²) in [7, 11) is 3.00. The lowest BCUT2D eigenvalue weighted by Crippen LogP contribution is -2.43. The van der Waals surface area contributed by atoms with Crippen molar-refractivity contribution in [1.82, 2.24) is 5.01 Å². The molecule has 1 fully saturated rings. The van der Waals surface area contributed by atoms with Gasteiger partial charge in [-0.1, -0.05) is 16.8 Å². The van der Waals surface area contributed by atoms with E-state index < -0.39 is 29.8 Å². The Bertz CT molecular complexity index is 1050. The molecule has 0 spiro atoms. The van der Waals surface area contributed by atoms with Gasteiger partial charge in [-0.15, -0.1) is 0 Å². The van der Waals surface area contributed by atoms with Crippen LogP contribution in [0.25, 0.3) is 0 Å². The van der Waals surface area contributed by atoms with E-state index in [-0.39, 0.29) is 6.54 Å². The lowest BCUT2D eigenvalue weighted by atomic mass is 10.1. The lowest BCUT2D eigenvalue weighted by molar-refractivity contribution is -0.123. The summed E-state index contributed by atoms with van der Waals surface area (Å²) in [5.74, 6) is -0.434. The third kappa shape index (κ3) is 3.89. The number of imide groups is 1. The molecule has 3 amide bonds. The summed E-state index contributed by atoms with van der Waals surface area (Å²) in [5.41, 5.74) is 0.836. The summed E-state index contributed by atoms with van der Waals surface area (Å²) in [6, 6.07) is 9.27. The predicted molar refractivity (Wildman–Crippen MR) is 111 cm³/mol. The first kappa shape index (κ1) is 20.6. The fourth-order valence-corrected chi connectivity index (χ4v) is 3.55. The van der Waals surface area contributed by atoms with Gasteiger partial charge in [-0.05, 0) is 24.3 Å². The van der Waals surface area contributed by atoms with Gasteiger partial charge >= 0.3 is 0 Å². The largest absolute Gasteiger partial charge is 0.497 e. The van der Waals surface area contributed by atoms with E-state index in [9.17, 15) is 14.4 Å². The van der Waals surface area contributed by atoms with Gasteiger partial charge in [0.15, 0.2) is 12.1 Å². The van der Waals surface area contributed by atoms with E-state index >= 15 is 0 Å². The smallest absolute Gasteiger partial charge is 0.263 e. The van der Waals surface area contributed by atoms with E-state index in [2.05, 4.69) is 15.7 Å². The van der Waals surface area contributed by atoms with Gasteiger partial charge in [-0.3, -0.25) is 19.4 Å². The van der Waals surface area contributed by atoms with Crippen molar-refractivity contribution in [3.63, 3.8) is 0 Å². The van der Waals surface area contributed by atoms with Gasteiger partial charge < -0.3 is 14.8 Å². The Morgan fingerprint density at radius 2 is 1.71 bits per heavy atom. The number of carbonyl (C=O) groups is 3. The topological polar surface area (TPSA) is 113 Å². The molecule has 0 bridgehead atoms. The van der Waals surface area contributed by atoms with Crippen molar-refractivity contribution in [2.75, 3.05) is 31.0 Å². The van der Waals surface area contributed by atoms with Crippen LogP contribution in [0.4, 0.5) is 11.4 Å². The van der Waals surface area contributed by atoms with Crippen molar-refractivity contribution in [3.05, 3.63) is 47.5 Å². The third-order valence-corrected chi connectivity index (χ3v) is 5.14. The summed E-state index contributed by atoms with van der Waals surface area (Å²) in [6.45, 7) is -0.266. The molecule has 2 aliphatic heterocycles. The van der Waals surface area contributed by atoms with Gasteiger partial charge in [0.25, 0.3) is 11.8 Å². The molecule has 160 valence electrons. The summed E-state index contributed by atoms with van der Waals surface area (Å²) < 4.78 is 10.4. The molecule has 31 heavy (non-hydrogen) atoms. The van der Waals surface area contributed by atoms with E-state index in [0.717, 1.165) is 4.90 Å². The van der Waals surface area contributed by atoms with Crippen LogP contribution in [-0.4, -0.2) is 55.6 Å². The molecule has 0 unspecified atom stereocenters. The standard InChI is InChI=1S/C20H18ClN5O5/c1-30-14-7-12(8-15(9-14)31-2)22-16(27)10-25-18-17(23-24-25)19(28)26(20(18)29)13-5-3-11(21)4-6-13/h3-9,17-18H,10H2,1-2H3,(H,22,27)/t17-,18+/m1/s1. The molecule has 0 aliphatic carbocycles. The molecular weight excluding hydrogens is 426 g/mol. The first-order chi connectivity index (χ1) is 14.9. The Hall–Kier alpha value is -3.66. The predicted octanol–water partition coefficient (Wildman–Crippen LogP) is 2.29. The summed E-state index contributed by atoms with van der Waals surface area (Å²) >= 11 is 5.88. The van der Waals surface area contributed by atoms with Crippen LogP contribution >= 0.6 is 11.6 Å². The van der Waals surface area contributed by atoms with E-state index in [1.807, 2.05) is 0 Å². The second-order valence-electron chi connectivity index (χ2n) is 6.83. The van der Waals surface area contributed by atoms with Gasteiger partial charge in [0.2, 0.25) is 5.91 Å². The van der Waals surface area contributed by atoms with Gasteiger partial charge in [-0.25, -0.2) is 4.90 Å². The molecule has 0 aromatic heterocycles. The molecule has 2 aliphatic rings. The zero-order chi connectivity index (χ0) is 22.1. The molecule has 4 rings (SSSR count). The highest BCUT2D eigenvalue weighted by atomic mass is 35.5. The number of halogens is 1. The first-order valence-corrected chi connectivity index (χ1v) is 9.63. The fraction of sp³-hybridized carbons (Fsp3) is 0.250. The minimum absolute atomic E-state index is 0.266. The van der Waals surface area contributed by atoms with Crippen molar-refractivity contribution in [3.8, 4) is 11.5 Å². The Balaban J connectivity index is 1.48. The van der Waals surface area contributed by atoms with Crippen LogP contribution in [0.5, 0.6) is 11.5 Å². The number of methoxy groups -OCH3 is 2. The molecule has 2 aromatic rings. The molecular formula is C20H18ClN5O5. The van der Waals surface area contributed by atoms with Crippen molar-refractivity contribution >= 4 is 40.7 Å². The molecule has 2 atom stereocenters. The van der Waals surface area contributed by atoms with Gasteiger partial charge in [0.1, 0.15) is 18.0 Å². The molecule has 0 saturated carbocycles. The number of amides is 3. The van der Waals surface area contributed by atoms with E-state index in [1.54, 1.807) is 42.5 Å². The molecule has 0 radical (unpaired) electrons. The molecule has 2 heterocycles. The van der Waals surface area contributed by atoms with Crippen LogP contribution in [0.3, 0.4) is 0 Å². The maximum absolute atomic E-state index is 12.9. The number of fused-ring (bicyclic) bond motifs is 1. The highest BCUT2D eigenvalue weighted by molar-refractivity contribution is 6.31. The Morgan fingerprint density at radius 1 is 1.06 bits per heavy atom. The quantitative estimate of drug-likeness (QED) is 0.685. The van der Waals surface area contributed by atoms with Crippen LogP contribution in [-0.2, 0) is 14.4 Å². The van der Waals surface area contributed by atoms with Crippen LogP contribution < -0.4 is 19.7 Å². The number of anilines is 2. The normalized spacial score (nSPS) is 19.6. The van der Waals surface area contributed by atoms with Crippen molar-refractivity contribution < 1.29 is 23.9 Å². The van der Waals surface area contributed by atoms with Crippen LogP contribution in [0.1, 0.15) is 0 Å². The van der Waals surface area contributed by atoms with E-state index in [4.69, 9.17) is 21.1 Å². The fourth-order valence-electron chi connectivity index (χ4n) is 3.43. The highest BCUT2D eigenvalue weighted by Gasteiger charge is 2.55. The van der Waals surface area contributed by atoms with Crippen LogP contribution in [0, 0.1) is 0 Å². The van der Waals surface area contributed by atoms with Crippen molar-refractivity contribution in [2.24, 2.45) is 10.3 Å². The minimum Gasteiger partial charge on any atom is -0.497 e. The maximum atomic E-state index is 12.9. The Morgan fingerprint density at radius 3 is 2.32 bits per heavy atom. The highest BCUT2D eigenvalue weighted by Crippen LogP contribution is 2.32.